The molecule has 3 aromatic rings. The third-order valence-electron chi connectivity index (χ3n) is 8.31. The van der Waals surface area contributed by atoms with Crippen molar-refractivity contribution in [3.05, 3.63) is 107 Å². The number of aliphatic hydroxyl groups excluding tert-OH is 1. The van der Waals surface area contributed by atoms with Gasteiger partial charge in [0.25, 0.3) is 0 Å². The summed E-state index contributed by atoms with van der Waals surface area (Å²) in [6, 6.07) is 21.1. The molecule has 43 heavy (non-hydrogen) atoms. The minimum atomic E-state index is -0.434. The van der Waals surface area contributed by atoms with Crippen LogP contribution in [0.15, 0.2) is 85.0 Å². The third-order valence-corrected chi connectivity index (χ3v) is 8.31. The van der Waals surface area contributed by atoms with Gasteiger partial charge in [0.2, 0.25) is 0 Å². The summed E-state index contributed by atoms with van der Waals surface area (Å²) < 4.78 is 11.4. The highest BCUT2D eigenvalue weighted by atomic mass is 16.5. The number of aryl methyl sites for hydroxylation is 1. The monoisotopic (exact) mass is 580 g/mol. The number of aliphatic hydroxyl groups is 1. The van der Waals surface area contributed by atoms with Crippen LogP contribution >= 0.6 is 0 Å². The second-order valence-electron chi connectivity index (χ2n) is 12.0. The number of hydrogen-bond donors (Lipinski definition) is 1. The Labute approximate surface area is 256 Å². The molecule has 0 heterocycles. The molecule has 1 saturated carbocycles. The Hall–Kier alpha value is -3.96. The van der Waals surface area contributed by atoms with Crippen LogP contribution in [0.2, 0.25) is 0 Å². The predicted octanol–water partition coefficient (Wildman–Crippen LogP) is 8.48. The standard InChI is InChI=1S/C38H44O5/c1-25(2)37(40)42-23-34-21-33(31-12-8-27(5)9-13-31)22-35(24-43-38(41)26(3)4)36(34)32-18-16-30(17-19-32)29-14-10-28(11-15-29)7-6-20-39/h10-11,14-19,21-22,27,31,39H,1,3,6-9,12-13,20,23-24H2,2,4-5H3. The van der Waals surface area contributed by atoms with Gasteiger partial charge in [-0.2, -0.15) is 0 Å². The van der Waals surface area contributed by atoms with E-state index in [0.29, 0.717) is 17.1 Å². The van der Waals surface area contributed by atoms with Gasteiger partial charge < -0.3 is 14.6 Å². The molecule has 0 atom stereocenters. The highest BCUT2D eigenvalue weighted by Crippen LogP contribution is 2.40. The van der Waals surface area contributed by atoms with Gasteiger partial charge in [-0.1, -0.05) is 93.6 Å². The summed E-state index contributed by atoms with van der Waals surface area (Å²) in [6.07, 6.45) is 6.16. The van der Waals surface area contributed by atoms with Crippen molar-refractivity contribution in [1.29, 1.82) is 0 Å². The molecule has 5 nitrogen and oxygen atoms in total. The fourth-order valence-electron chi connectivity index (χ4n) is 5.73. The van der Waals surface area contributed by atoms with Crippen LogP contribution in [0.5, 0.6) is 0 Å². The van der Waals surface area contributed by atoms with Crippen molar-refractivity contribution in [3.63, 3.8) is 0 Å². The van der Waals surface area contributed by atoms with Crippen molar-refractivity contribution in [2.45, 2.75) is 78.4 Å². The first kappa shape index (κ1) is 32.0. The summed E-state index contributed by atoms with van der Waals surface area (Å²) >= 11 is 0. The fourth-order valence-corrected chi connectivity index (χ4v) is 5.73. The Kier molecular flexibility index (Phi) is 11.1. The van der Waals surface area contributed by atoms with Crippen LogP contribution in [0.4, 0.5) is 0 Å². The molecule has 0 amide bonds. The first-order valence-corrected chi connectivity index (χ1v) is 15.3. The molecule has 0 aromatic heterocycles. The van der Waals surface area contributed by atoms with E-state index >= 15 is 0 Å². The van der Waals surface area contributed by atoms with Gasteiger partial charge in [-0.05, 0) is 95.9 Å². The Balaban J connectivity index is 1.74. The van der Waals surface area contributed by atoms with E-state index in [2.05, 4.69) is 80.7 Å². The normalized spacial score (nSPS) is 16.4. The van der Waals surface area contributed by atoms with Crippen LogP contribution in [-0.2, 0) is 38.7 Å². The zero-order valence-corrected chi connectivity index (χ0v) is 25.8. The third kappa shape index (κ3) is 8.55. The molecule has 0 aliphatic heterocycles. The van der Waals surface area contributed by atoms with Crippen LogP contribution in [0, 0.1) is 5.92 Å². The average Bonchev–Trinajstić information content (AvgIpc) is 3.01. The number of benzene rings is 3. The summed E-state index contributed by atoms with van der Waals surface area (Å²) in [5.41, 5.74) is 8.89. The van der Waals surface area contributed by atoms with E-state index in [1.165, 1.54) is 24.0 Å². The van der Waals surface area contributed by atoms with Gasteiger partial charge in [0.15, 0.2) is 0 Å². The number of carbonyl (C=O) groups is 2. The first-order valence-electron chi connectivity index (χ1n) is 15.3. The molecule has 0 unspecified atom stereocenters. The van der Waals surface area contributed by atoms with Crippen molar-refractivity contribution in [2.24, 2.45) is 5.92 Å². The van der Waals surface area contributed by atoms with E-state index in [4.69, 9.17) is 14.6 Å². The average molecular weight is 581 g/mol. The van der Waals surface area contributed by atoms with Crippen molar-refractivity contribution in [3.8, 4) is 22.3 Å². The lowest BCUT2D eigenvalue weighted by atomic mass is 9.78. The van der Waals surface area contributed by atoms with Gasteiger partial charge in [-0.15, -0.1) is 0 Å². The maximum atomic E-state index is 12.4. The van der Waals surface area contributed by atoms with E-state index in [-0.39, 0.29) is 19.8 Å². The van der Waals surface area contributed by atoms with Gasteiger partial charge in [0.1, 0.15) is 13.2 Å². The topological polar surface area (TPSA) is 72.8 Å². The molecule has 0 saturated heterocycles. The Bertz CT molecular complexity index is 1390. The molecule has 0 spiro atoms. The SMILES string of the molecule is C=C(C)C(=O)OCc1cc(C2CCC(C)CC2)cc(COC(=O)C(=C)C)c1-c1ccc(-c2ccc(CCCO)cc2)cc1. The predicted molar refractivity (Wildman–Crippen MR) is 172 cm³/mol. The maximum Gasteiger partial charge on any atom is 0.333 e. The molecule has 1 fully saturated rings. The lowest BCUT2D eigenvalue weighted by Crippen LogP contribution is -2.14. The summed E-state index contributed by atoms with van der Waals surface area (Å²) in [5.74, 6) is 0.253. The molecule has 1 N–H and O–H groups in total. The summed E-state index contributed by atoms with van der Waals surface area (Å²) in [5, 5.41) is 9.12. The Morgan fingerprint density at radius 1 is 0.767 bits per heavy atom. The van der Waals surface area contributed by atoms with Crippen LogP contribution < -0.4 is 0 Å². The molecule has 0 radical (unpaired) electrons. The van der Waals surface area contributed by atoms with E-state index in [1.54, 1.807) is 13.8 Å². The molecule has 1 aliphatic carbocycles. The van der Waals surface area contributed by atoms with E-state index in [0.717, 1.165) is 65.0 Å². The smallest absolute Gasteiger partial charge is 0.333 e. The largest absolute Gasteiger partial charge is 0.457 e. The van der Waals surface area contributed by atoms with Gasteiger partial charge in [-0.3, -0.25) is 0 Å². The zero-order chi connectivity index (χ0) is 30.9. The second kappa shape index (κ2) is 15.0. The molecule has 5 heteroatoms. The Morgan fingerprint density at radius 2 is 1.23 bits per heavy atom. The quantitative estimate of drug-likeness (QED) is 0.172. The number of rotatable bonds is 12. The van der Waals surface area contributed by atoms with Crippen LogP contribution in [0.3, 0.4) is 0 Å². The zero-order valence-electron chi connectivity index (χ0n) is 25.8. The van der Waals surface area contributed by atoms with Crippen molar-refractivity contribution >= 4 is 11.9 Å². The number of carbonyl (C=O) groups excluding carboxylic acids is 2. The highest BCUT2D eigenvalue weighted by Gasteiger charge is 2.24. The van der Waals surface area contributed by atoms with Gasteiger partial charge in [-0.25, -0.2) is 9.59 Å². The van der Waals surface area contributed by atoms with Gasteiger partial charge in [0.05, 0.1) is 0 Å². The van der Waals surface area contributed by atoms with Crippen LogP contribution in [-0.4, -0.2) is 23.7 Å². The van der Waals surface area contributed by atoms with E-state index < -0.39 is 11.9 Å². The molecular weight excluding hydrogens is 536 g/mol. The molecule has 3 aromatic carbocycles. The van der Waals surface area contributed by atoms with Gasteiger partial charge >= 0.3 is 11.9 Å². The number of hydrogen-bond acceptors (Lipinski definition) is 5. The molecule has 226 valence electrons. The summed E-state index contributed by atoms with van der Waals surface area (Å²) in [7, 11) is 0. The van der Waals surface area contributed by atoms with Crippen molar-refractivity contribution in [2.75, 3.05) is 6.61 Å². The minimum absolute atomic E-state index is 0.0937. The Morgan fingerprint density at radius 3 is 1.70 bits per heavy atom. The molecule has 1 aliphatic rings. The number of esters is 2. The van der Waals surface area contributed by atoms with Crippen LogP contribution in [0.25, 0.3) is 22.3 Å². The fraction of sp³-hybridized carbons (Fsp3) is 0.368. The number of ether oxygens (including phenoxy) is 2. The first-order chi connectivity index (χ1) is 20.7. The minimum Gasteiger partial charge on any atom is -0.457 e. The maximum absolute atomic E-state index is 12.4. The molecule has 0 bridgehead atoms. The van der Waals surface area contributed by atoms with Gasteiger partial charge in [0, 0.05) is 17.8 Å². The highest BCUT2D eigenvalue weighted by molar-refractivity contribution is 5.87. The molecule has 4 rings (SSSR count). The van der Waals surface area contributed by atoms with E-state index in [9.17, 15) is 9.59 Å². The van der Waals surface area contributed by atoms with Crippen molar-refractivity contribution < 1.29 is 24.2 Å². The van der Waals surface area contributed by atoms with Crippen LogP contribution in [0.1, 0.15) is 81.0 Å². The van der Waals surface area contributed by atoms with Crippen molar-refractivity contribution in [1.82, 2.24) is 0 Å². The lowest BCUT2D eigenvalue weighted by molar-refractivity contribution is -0.140. The second-order valence-corrected chi connectivity index (χ2v) is 12.0. The summed E-state index contributed by atoms with van der Waals surface area (Å²) in [4.78, 5) is 24.9. The van der Waals surface area contributed by atoms with E-state index in [1.807, 2.05) is 0 Å². The lowest BCUT2D eigenvalue weighted by Gasteiger charge is -2.28. The molecular formula is C38H44O5. The summed E-state index contributed by atoms with van der Waals surface area (Å²) in [6.45, 7) is 13.4.